The molecule has 0 radical (unpaired) electrons. The molecular weight excluding hydrogens is 272 g/mol. The molecule has 1 fully saturated rings. The largest absolute Gasteiger partial charge is 0.486 e. The molecule has 0 aliphatic heterocycles. The Bertz CT molecular complexity index is 561. The fourth-order valence-electron chi connectivity index (χ4n) is 2.73. The van der Waals surface area contributed by atoms with Crippen molar-refractivity contribution in [3.8, 4) is 5.75 Å². The molecule has 0 spiro atoms. The van der Waals surface area contributed by atoms with Crippen molar-refractivity contribution < 1.29 is 4.74 Å². The van der Waals surface area contributed by atoms with Crippen LogP contribution in [-0.4, -0.2) is 9.78 Å². The highest BCUT2D eigenvalue weighted by Crippen LogP contribution is 2.28. The Hall–Kier alpha value is -1.48. The number of ether oxygens (including phenoxy) is 1. The lowest BCUT2D eigenvalue weighted by Crippen LogP contribution is -2.12. The highest BCUT2D eigenvalue weighted by molar-refractivity contribution is 6.30. The van der Waals surface area contributed by atoms with Crippen molar-refractivity contribution in [2.24, 2.45) is 0 Å². The summed E-state index contributed by atoms with van der Waals surface area (Å²) < 4.78 is 7.84. The first-order valence-corrected chi connectivity index (χ1v) is 7.60. The van der Waals surface area contributed by atoms with Crippen LogP contribution in [0.25, 0.3) is 0 Å². The smallest absolute Gasteiger partial charge is 0.157 e. The Balaban J connectivity index is 1.59. The summed E-state index contributed by atoms with van der Waals surface area (Å²) in [5.74, 6) is 0.829. The molecule has 106 valence electrons. The van der Waals surface area contributed by atoms with E-state index in [9.17, 15) is 0 Å². The second-order valence-electron chi connectivity index (χ2n) is 5.37. The van der Waals surface area contributed by atoms with Gasteiger partial charge in [0.1, 0.15) is 6.61 Å². The van der Waals surface area contributed by atoms with Crippen LogP contribution in [0.3, 0.4) is 0 Å². The van der Waals surface area contributed by atoms with Crippen molar-refractivity contribution in [2.75, 3.05) is 0 Å². The van der Waals surface area contributed by atoms with Crippen molar-refractivity contribution in [3.05, 3.63) is 47.2 Å². The maximum atomic E-state index is 5.96. The van der Waals surface area contributed by atoms with Crippen molar-refractivity contribution in [2.45, 2.75) is 44.8 Å². The standard InChI is InChI=1S/C16H19ClN2O/c17-14-6-4-5-13(9-14)12-20-16-10-18-19(11-16)15-7-2-1-3-8-15/h4-6,9-11,15H,1-3,7-8,12H2. The molecule has 0 unspecified atom stereocenters. The van der Waals surface area contributed by atoms with E-state index in [1.165, 1.54) is 32.1 Å². The molecule has 3 nitrogen and oxygen atoms in total. The summed E-state index contributed by atoms with van der Waals surface area (Å²) in [5.41, 5.74) is 1.07. The zero-order valence-electron chi connectivity index (χ0n) is 11.5. The molecule has 3 rings (SSSR count). The molecule has 1 aliphatic carbocycles. The number of rotatable bonds is 4. The minimum Gasteiger partial charge on any atom is -0.486 e. The molecule has 0 saturated heterocycles. The summed E-state index contributed by atoms with van der Waals surface area (Å²) in [5, 5.41) is 5.18. The van der Waals surface area contributed by atoms with E-state index in [4.69, 9.17) is 16.3 Å². The topological polar surface area (TPSA) is 27.1 Å². The van der Waals surface area contributed by atoms with Crippen LogP contribution in [0, 0.1) is 0 Å². The lowest BCUT2D eigenvalue weighted by molar-refractivity contribution is 0.301. The van der Waals surface area contributed by atoms with Gasteiger partial charge in [-0.15, -0.1) is 0 Å². The minimum atomic E-state index is 0.525. The van der Waals surface area contributed by atoms with Gasteiger partial charge in [0.25, 0.3) is 0 Å². The lowest BCUT2D eigenvalue weighted by Gasteiger charge is -2.21. The average molecular weight is 291 g/mol. The van der Waals surface area contributed by atoms with Gasteiger partial charge in [-0.05, 0) is 30.5 Å². The predicted molar refractivity (Wildman–Crippen MR) is 80.1 cm³/mol. The Kier molecular flexibility index (Phi) is 4.26. The van der Waals surface area contributed by atoms with Crippen LogP contribution in [-0.2, 0) is 6.61 Å². The van der Waals surface area contributed by atoms with Gasteiger partial charge in [-0.1, -0.05) is 43.0 Å². The summed E-state index contributed by atoms with van der Waals surface area (Å²) in [6, 6.07) is 8.29. The summed E-state index contributed by atoms with van der Waals surface area (Å²) in [4.78, 5) is 0. The third-order valence-electron chi connectivity index (χ3n) is 3.82. The van der Waals surface area contributed by atoms with E-state index in [0.29, 0.717) is 12.6 Å². The van der Waals surface area contributed by atoms with E-state index in [2.05, 4.69) is 9.78 Å². The van der Waals surface area contributed by atoms with Gasteiger partial charge in [0.15, 0.2) is 5.75 Å². The summed E-state index contributed by atoms with van der Waals surface area (Å²) >= 11 is 5.96. The van der Waals surface area contributed by atoms with Gasteiger partial charge in [0, 0.05) is 5.02 Å². The molecule has 2 aromatic rings. The number of aromatic nitrogens is 2. The van der Waals surface area contributed by atoms with E-state index in [0.717, 1.165) is 16.3 Å². The quantitative estimate of drug-likeness (QED) is 0.821. The number of hydrogen-bond acceptors (Lipinski definition) is 2. The van der Waals surface area contributed by atoms with Crippen LogP contribution < -0.4 is 4.74 Å². The SMILES string of the molecule is Clc1cccc(COc2cnn(C3CCCCC3)c2)c1. The summed E-state index contributed by atoms with van der Waals surface area (Å²) in [6.07, 6.45) is 10.3. The number of nitrogens with zero attached hydrogens (tertiary/aromatic N) is 2. The van der Waals surface area contributed by atoms with Crippen LogP contribution in [0.2, 0.25) is 5.02 Å². The zero-order valence-corrected chi connectivity index (χ0v) is 12.2. The predicted octanol–water partition coefficient (Wildman–Crippen LogP) is 4.62. The molecular formula is C16H19ClN2O. The first-order chi connectivity index (χ1) is 9.81. The number of hydrogen-bond donors (Lipinski definition) is 0. The Morgan fingerprint density at radius 3 is 2.90 bits per heavy atom. The molecule has 0 N–H and O–H groups in total. The normalized spacial score (nSPS) is 16.2. The first kappa shape index (κ1) is 13.5. The Morgan fingerprint density at radius 1 is 1.25 bits per heavy atom. The van der Waals surface area contributed by atoms with Crippen LogP contribution in [0.1, 0.15) is 43.7 Å². The minimum absolute atomic E-state index is 0.525. The highest BCUT2D eigenvalue weighted by Gasteiger charge is 2.16. The van der Waals surface area contributed by atoms with E-state index < -0.39 is 0 Å². The fourth-order valence-corrected chi connectivity index (χ4v) is 2.95. The van der Waals surface area contributed by atoms with Crippen molar-refractivity contribution in [1.82, 2.24) is 9.78 Å². The van der Waals surface area contributed by atoms with Crippen molar-refractivity contribution >= 4 is 11.6 Å². The van der Waals surface area contributed by atoms with Gasteiger partial charge in [0.2, 0.25) is 0 Å². The molecule has 1 heterocycles. The summed E-state index contributed by atoms with van der Waals surface area (Å²) in [6.45, 7) is 0.525. The third kappa shape index (κ3) is 3.34. The second-order valence-corrected chi connectivity index (χ2v) is 5.80. The zero-order chi connectivity index (χ0) is 13.8. The van der Waals surface area contributed by atoms with Gasteiger partial charge in [-0.2, -0.15) is 5.10 Å². The van der Waals surface area contributed by atoms with E-state index in [1.807, 2.05) is 30.5 Å². The molecule has 1 aliphatic rings. The van der Waals surface area contributed by atoms with Crippen molar-refractivity contribution in [3.63, 3.8) is 0 Å². The molecule has 1 aromatic carbocycles. The number of halogens is 1. The fraction of sp³-hybridized carbons (Fsp3) is 0.438. The van der Waals surface area contributed by atoms with Crippen LogP contribution in [0.15, 0.2) is 36.7 Å². The Morgan fingerprint density at radius 2 is 2.10 bits per heavy atom. The highest BCUT2D eigenvalue weighted by atomic mass is 35.5. The molecule has 1 aromatic heterocycles. The second kappa shape index (κ2) is 6.31. The van der Waals surface area contributed by atoms with Gasteiger partial charge in [-0.3, -0.25) is 4.68 Å². The molecule has 0 amide bonds. The third-order valence-corrected chi connectivity index (χ3v) is 4.06. The van der Waals surface area contributed by atoms with Gasteiger partial charge in [0.05, 0.1) is 18.4 Å². The monoisotopic (exact) mass is 290 g/mol. The molecule has 4 heteroatoms. The maximum absolute atomic E-state index is 5.96. The lowest BCUT2D eigenvalue weighted by atomic mass is 9.96. The molecule has 20 heavy (non-hydrogen) atoms. The Labute approximate surface area is 124 Å². The molecule has 0 bridgehead atoms. The van der Waals surface area contributed by atoms with Crippen LogP contribution in [0.4, 0.5) is 0 Å². The van der Waals surface area contributed by atoms with E-state index in [-0.39, 0.29) is 0 Å². The van der Waals surface area contributed by atoms with Gasteiger partial charge >= 0.3 is 0 Å². The van der Waals surface area contributed by atoms with Crippen LogP contribution in [0.5, 0.6) is 5.75 Å². The number of benzene rings is 1. The van der Waals surface area contributed by atoms with E-state index in [1.54, 1.807) is 6.20 Å². The molecule has 1 saturated carbocycles. The molecule has 0 atom stereocenters. The summed E-state index contributed by atoms with van der Waals surface area (Å²) in [7, 11) is 0. The average Bonchev–Trinajstić information content (AvgIpc) is 2.95. The maximum Gasteiger partial charge on any atom is 0.157 e. The van der Waals surface area contributed by atoms with Gasteiger partial charge in [-0.25, -0.2) is 0 Å². The van der Waals surface area contributed by atoms with E-state index >= 15 is 0 Å². The van der Waals surface area contributed by atoms with Crippen molar-refractivity contribution in [1.29, 1.82) is 0 Å². The first-order valence-electron chi connectivity index (χ1n) is 7.23. The van der Waals surface area contributed by atoms with Gasteiger partial charge < -0.3 is 4.74 Å². The van der Waals surface area contributed by atoms with Crippen LogP contribution >= 0.6 is 11.6 Å².